The molecule has 1 heterocycles. The van der Waals surface area contributed by atoms with Crippen LogP contribution in [0.3, 0.4) is 0 Å². The van der Waals surface area contributed by atoms with Gasteiger partial charge in [-0.3, -0.25) is 0 Å². The van der Waals surface area contributed by atoms with Crippen molar-refractivity contribution in [3.05, 3.63) is 18.2 Å². The lowest BCUT2D eigenvalue weighted by Crippen LogP contribution is -2.43. The van der Waals surface area contributed by atoms with E-state index in [0.717, 1.165) is 0 Å². The number of ether oxygens (including phenoxy) is 1. The van der Waals surface area contributed by atoms with E-state index in [4.69, 9.17) is 15.6 Å². The van der Waals surface area contributed by atoms with Crippen molar-refractivity contribution in [2.75, 3.05) is 24.2 Å². The van der Waals surface area contributed by atoms with Gasteiger partial charge in [-0.1, -0.05) is 0 Å². The van der Waals surface area contributed by atoms with Gasteiger partial charge < -0.3 is 20.9 Å². The average molecular weight is 301 g/mol. The number of nitrogens with two attached hydrogens (primary N) is 2. The first-order valence-corrected chi connectivity index (χ1v) is 7.77. The monoisotopic (exact) mass is 301 g/mol. The fourth-order valence-electron chi connectivity index (χ4n) is 2.18. The summed E-state index contributed by atoms with van der Waals surface area (Å²) in [6, 6.07) is 4.37. The molecular formula is C12H19N3O4S. The van der Waals surface area contributed by atoms with Gasteiger partial charge in [0.1, 0.15) is 10.5 Å². The molecule has 1 aliphatic rings. The highest BCUT2D eigenvalue weighted by molar-refractivity contribution is 7.89. The van der Waals surface area contributed by atoms with E-state index in [1.807, 2.05) is 6.92 Å². The van der Waals surface area contributed by atoms with Crippen molar-refractivity contribution >= 4 is 21.4 Å². The van der Waals surface area contributed by atoms with Crippen LogP contribution < -0.4 is 16.2 Å². The Morgan fingerprint density at radius 3 is 2.75 bits per heavy atom. The SMILES string of the molecule is CC1OCCC1(O)CNc1ccc(S(N)(=O)=O)c(N)c1. The lowest BCUT2D eigenvalue weighted by atomic mass is 9.96. The first kappa shape index (κ1) is 15.0. The van der Waals surface area contributed by atoms with E-state index in [1.54, 1.807) is 6.07 Å². The van der Waals surface area contributed by atoms with Gasteiger partial charge in [0.15, 0.2) is 0 Å². The summed E-state index contributed by atoms with van der Waals surface area (Å²) in [4.78, 5) is -0.112. The molecule has 2 rings (SSSR count). The Labute approximate surface area is 118 Å². The summed E-state index contributed by atoms with van der Waals surface area (Å²) in [5.74, 6) is 0. The number of anilines is 2. The normalized spacial score (nSPS) is 26.6. The summed E-state index contributed by atoms with van der Waals surface area (Å²) in [6.07, 6.45) is 0.294. The minimum atomic E-state index is -3.82. The molecule has 0 aromatic heterocycles. The van der Waals surface area contributed by atoms with Crippen LogP contribution in [0.15, 0.2) is 23.1 Å². The molecule has 2 unspecified atom stereocenters. The smallest absolute Gasteiger partial charge is 0.240 e. The lowest BCUT2D eigenvalue weighted by molar-refractivity contribution is -0.0175. The maximum Gasteiger partial charge on any atom is 0.240 e. The second-order valence-corrected chi connectivity index (χ2v) is 6.55. The largest absolute Gasteiger partial charge is 0.398 e. The second-order valence-electron chi connectivity index (χ2n) is 5.02. The predicted octanol–water partition coefficient (Wildman–Crippen LogP) is -0.132. The Kier molecular flexibility index (Phi) is 3.92. The van der Waals surface area contributed by atoms with Gasteiger partial charge in [-0.2, -0.15) is 0 Å². The standard InChI is InChI=1S/C12H19N3O4S/c1-8-12(16,4-5-19-8)7-15-9-2-3-11(10(13)6-9)20(14,17)18/h2-3,6,8,15-16H,4-5,7,13H2,1H3,(H2,14,17,18). The zero-order chi connectivity index (χ0) is 15.0. The summed E-state index contributed by atoms with van der Waals surface area (Å²) in [7, 11) is -3.82. The molecule has 2 atom stereocenters. The molecule has 0 bridgehead atoms. The Bertz CT molecular complexity index is 605. The lowest BCUT2D eigenvalue weighted by Gasteiger charge is -2.26. The van der Waals surface area contributed by atoms with Gasteiger partial charge >= 0.3 is 0 Å². The highest BCUT2D eigenvalue weighted by Gasteiger charge is 2.39. The number of nitrogen functional groups attached to an aromatic ring is 1. The zero-order valence-electron chi connectivity index (χ0n) is 11.2. The first-order valence-electron chi connectivity index (χ1n) is 6.22. The van der Waals surface area contributed by atoms with Crippen LogP contribution in [0.2, 0.25) is 0 Å². The Balaban J connectivity index is 2.10. The van der Waals surface area contributed by atoms with Crippen LogP contribution in [0.1, 0.15) is 13.3 Å². The molecule has 1 aliphatic heterocycles. The van der Waals surface area contributed by atoms with Crippen molar-refractivity contribution in [3.8, 4) is 0 Å². The number of benzene rings is 1. The number of hydrogen-bond donors (Lipinski definition) is 4. The molecule has 0 aliphatic carbocycles. The molecule has 1 aromatic rings. The van der Waals surface area contributed by atoms with Crippen LogP contribution >= 0.6 is 0 Å². The maximum atomic E-state index is 11.2. The van der Waals surface area contributed by atoms with Crippen molar-refractivity contribution in [2.24, 2.45) is 5.14 Å². The molecule has 0 radical (unpaired) electrons. The molecular weight excluding hydrogens is 282 g/mol. The van der Waals surface area contributed by atoms with Gasteiger partial charge in [-0.15, -0.1) is 0 Å². The van der Waals surface area contributed by atoms with Crippen LogP contribution in [0.4, 0.5) is 11.4 Å². The fraction of sp³-hybridized carbons (Fsp3) is 0.500. The van der Waals surface area contributed by atoms with E-state index in [9.17, 15) is 13.5 Å². The second kappa shape index (κ2) is 5.21. The minimum absolute atomic E-state index is 0.0696. The average Bonchev–Trinajstić information content (AvgIpc) is 2.66. The summed E-state index contributed by atoms with van der Waals surface area (Å²) >= 11 is 0. The molecule has 0 spiro atoms. The first-order chi connectivity index (χ1) is 9.22. The van der Waals surface area contributed by atoms with Crippen LogP contribution in [-0.2, 0) is 14.8 Å². The Morgan fingerprint density at radius 1 is 1.55 bits per heavy atom. The van der Waals surface area contributed by atoms with Crippen molar-refractivity contribution in [1.29, 1.82) is 0 Å². The molecule has 7 nitrogen and oxygen atoms in total. The maximum absolute atomic E-state index is 11.2. The van der Waals surface area contributed by atoms with Gasteiger partial charge in [0.25, 0.3) is 0 Å². The highest BCUT2D eigenvalue weighted by Crippen LogP contribution is 2.27. The molecule has 1 aromatic carbocycles. The number of rotatable bonds is 4. The molecule has 0 saturated carbocycles. The summed E-state index contributed by atoms with van der Waals surface area (Å²) < 4.78 is 27.8. The van der Waals surface area contributed by atoms with Gasteiger partial charge in [-0.25, -0.2) is 13.6 Å². The zero-order valence-corrected chi connectivity index (χ0v) is 12.0. The third kappa shape index (κ3) is 3.04. The number of hydrogen-bond acceptors (Lipinski definition) is 6. The summed E-state index contributed by atoms with van der Waals surface area (Å²) in [5, 5.41) is 18.4. The third-order valence-electron chi connectivity index (χ3n) is 3.57. The van der Waals surface area contributed by atoms with Crippen LogP contribution in [-0.4, -0.2) is 38.4 Å². The third-order valence-corrected chi connectivity index (χ3v) is 4.56. The topological polar surface area (TPSA) is 128 Å². The van der Waals surface area contributed by atoms with E-state index < -0.39 is 15.6 Å². The van der Waals surface area contributed by atoms with Gasteiger partial charge in [0, 0.05) is 25.3 Å². The van der Waals surface area contributed by atoms with Crippen LogP contribution in [0.5, 0.6) is 0 Å². The van der Waals surface area contributed by atoms with Crippen LogP contribution in [0, 0.1) is 0 Å². The quantitative estimate of drug-likeness (QED) is 0.573. The van der Waals surface area contributed by atoms with E-state index in [-0.39, 0.29) is 16.7 Å². The van der Waals surface area contributed by atoms with Gasteiger partial charge in [-0.05, 0) is 25.1 Å². The highest BCUT2D eigenvalue weighted by atomic mass is 32.2. The predicted molar refractivity (Wildman–Crippen MR) is 75.7 cm³/mol. The van der Waals surface area contributed by atoms with Crippen molar-refractivity contribution < 1.29 is 18.3 Å². The van der Waals surface area contributed by atoms with Crippen molar-refractivity contribution in [2.45, 2.75) is 29.9 Å². The van der Waals surface area contributed by atoms with Crippen LogP contribution in [0.25, 0.3) is 0 Å². The summed E-state index contributed by atoms with van der Waals surface area (Å²) in [6.45, 7) is 2.63. The number of primary sulfonamides is 1. The minimum Gasteiger partial charge on any atom is -0.398 e. The van der Waals surface area contributed by atoms with E-state index >= 15 is 0 Å². The van der Waals surface area contributed by atoms with Gasteiger partial charge in [0.05, 0.1) is 11.8 Å². The molecule has 112 valence electrons. The molecule has 20 heavy (non-hydrogen) atoms. The van der Waals surface area contributed by atoms with E-state index in [2.05, 4.69) is 5.32 Å². The fourth-order valence-corrected chi connectivity index (χ4v) is 2.82. The summed E-state index contributed by atoms with van der Waals surface area (Å²) in [5.41, 5.74) is 5.41. The number of nitrogens with one attached hydrogen (secondary N) is 1. The number of sulfonamides is 1. The van der Waals surface area contributed by atoms with E-state index in [1.165, 1.54) is 12.1 Å². The molecule has 8 heteroatoms. The Hall–Kier alpha value is -1.35. The van der Waals surface area contributed by atoms with Gasteiger partial charge in [0.2, 0.25) is 10.0 Å². The molecule has 1 fully saturated rings. The van der Waals surface area contributed by atoms with Crippen molar-refractivity contribution in [1.82, 2.24) is 0 Å². The van der Waals surface area contributed by atoms with Crippen molar-refractivity contribution in [3.63, 3.8) is 0 Å². The number of aliphatic hydroxyl groups is 1. The van der Waals surface area contributed by atoms with E-state index in [0.29, 0.717) is 25.3 Å². The molecule has 6 N–H and O–H groups in total. The molecule has 0 amide bonds. The molecule has 1 saturated heterocycles. The Morgan fingerprint density at radius 2 is 2.25 bits per heavy atom.